The fourth-order valence-corrected chi connectivity index (χ4v) is 4.30. The molecular formula is C20H24N2O3S. The third kappa shape index (κ3) is 4.31. The van der Waals surface area contributed by atoms with Gasteiger partial charge in [-0.25, -0.2) is 13.1 Å². The van der Waals surface area contributed by atoms with Crippen LogP contribution in [0.3, 0.4) is 0 Å². The zero-order chi connectivity index (χ0) is 18.6. The Morgan fingerprint density at radius 2 is 1.77 bits per heavy atom. The van der Waals surface area contributed by atoms with Crippen LogP contribution >= 0.6 is 0 Å². The summed E-state index contributed by atoms with van der Waals surface area (Å²) < 4.78 is 27.4. The Morgan fingerprint density at radius 1 is 1.04 bits per heavy atom. The fraction of sp³-hybridized carbons (Fsp3) is 0.350. The van der Waals surface area contributed by atoms with Gasteiger partial charge in [-0.05, 0) is 67.0 Å². The number of sulfonamides is 1. The van der Waals surface area contributed by atoms with E-state index in [1.54, 1.807) is 12.1 Å². The molecule has 5 nitrogen and oxygen atoms in total. The molecule has 0 saturated carbocycles. The van der Waals surface area contributed by atoms with Gasteiger partial charge in [0.1, 0.15) is 0 Å². The van der Waals surface area contributed by atoms with Gasteiger partial charge in [-0.2, -0.15) is 0 Å². The minimum absolute atomic E-state index is 0.222. The molecule has 1 aliphatic carbocycles. The molecule has 1 amide bonds. The van der Waals surface area contributed by atoms with Gasteiger partial charge in [0.05, 0.1) is 11.4 Å². The molecule has 0 saturated heterocycles. The van der Waals surface area contributed by atoms with Gasteiger partial charge >= 0.3 is 0 Å². The quantitative estimate of drug-likeness (QED) is 0.818. The van der Waals surface area contributed by atoms with Gasteiger partial charge in [-0.1, -0.05) is 31.2 Å². The first-order valence-corrected chi connectivity index (χ1v) is 10.5. The van der Waals surface area contributed by atoms with Crippen molar-refractivity contribution in [1.82, 2.24) is 4.72 Å². The van der Waals surface area contributed by atoms with Crippen LogP contribution in [0.2, 0.25) is 0 Å². The molecule has 0 aliphatic heterocycles. The summed E-state index contributed by atoms with van der Waals surface area (Å²) in [7, 11) is -3.71. The minimum atomic E-state index is -3.71. The number of hydrogen-bond donors (Lipinski definition) is 2. The first-order chi connectivity index (χ1) is 12.5. The maximum Gasteiger partial charge on any atom is 0.241 e. The van der Waals surface area contributed by atoms with Gasteiger partial charge in [0, 0.05) is 5.69 Å². The molecule has 0 fully saturated rings. The summed E-state index contributed by atoms with van der Waals surface area (Å²) in [5.74, 6) is -0.382. The van der Waals surface area contributed by atoms with Crippen molar-refractivity contribution >= 4 is 21.6 Å². The summed E-state index contributed by atoms with van der Waals surface area (Å²) in [6.45, 7) is 1.71. The van der Waals surface area contributed by atoms with Crippen molar-refractivity contribution in [3.8, 4) is 0 Å². The average molecular weight is 372 g/mol. The summed E-state index contributed by atoms with van der Waals surface area (Å²) in [5.41, 5.74) is 4.05. The molecule has 0 heterocycles. The van der Waals surface area contributed by atoms with Crippen LogP contribution in [0.4, 0.5) is 5.69 Å². The number of benzene rings is 2. The Labute approximate surface area is 154 Å². The lowest BCUT2D eigenvalue weighted by Gasteiger charge is -2.17. The SMILES string of the molecule is CCc1ccccc1NC(=O)CNS(=O)(=O)c1ccc2c(c1)CCCC2. The predicted molar refractivity (Wildman–Crippen MR) is 103 cm³/mol. The Morgan fingerprint density at radius 3 is 2.54 bits per heavy atom. The molecule has 6 heteroatoms. The van der Waals surface area contributed by atoms with E-state index < -0.39 is 10.0 Å². The molecule has 0 aromatic heterocycles. The van der Waals surface area contributed by atoms with Crippen LogP contribution in [0, 0.1) is 0 Å². The Kier molecular flexibility index (Phi) is 5.74. The molecule has 0 radical (unpaired) electrons. The highest BCUT2D eigenvalue weighted by Gasteiger charge is 2.18. The number of nitrogens with one attached hydrogen (secondary N) is 2. The van der Waals surface area contributed by atoms with E-state index in [4.69, 9.17) is 0 Å². The van der Waals surface area contributed by atoms with Crippen LogP contribution in [0.1, 0.15) is 36.5 Å². The summed E-state index contributed by atoms with van der Waals surface area (Å²) in [5, 5.41) is 2.77. The van der Waals surface area contributed by atoms with Crippen molar-refractivity contribution in [2.45, 2.75) is 43.9 Å². The third-order valence-electron chi connectivity index (χ3n) is 4.73. The largest absolute Gasteiger partial charge is 0.325 e. The van der Waals surface area contributed by atoms with Crippen LogP contribution in [-0.4, -0.2) is 20.9 Å². The van der Waals surface area contributed by atoms with Gasteiger partial charge in [0.25, 0.3) is 0 Å². The molecule has 2 aromatic rings. The van der Waals surface area contributed by atoms with E-state index in [9.17, 15) is 13.2 Å². The van der Waals surface area contributed by atoms with Gasteiger partial charge in [0.15, 0.2) is 0 Å². The molecule has 2 N–H and O–H groups in total. The number of para-hydroxylation sites is 1. The lowest BCUT2D eigenvalue weighted by molar-refractivity contribution is -0.115. The summed E-state index contributed by atoms with van der Waals surface area (Å²) in [6, 6.07) is 12.7. The van der Waals surface area contributed by atoms with Gasteiger partial charge < -0.3 is 5.32 Å². The molecule has 1 aliphatic rings. The first kappa shape index (κ1) is 18.6. The highest BCUT2D eigenvalue weighted by Crippen LogP contribution is 2.24. The van der Waals surface area contributed by atoms with E-state index in [2.05, 4.69) is 10.0 Å². The number of amides is 1. The van der Waals surface area contributed by atoms with Crippen LogP contribution in [0.15, 0.2) is 47.4 Å². The van der Waals surface area contributed by atoms with Crippen LogP contribution < -0.4 is 10.0 Å². The van der Waals surface area contributed by atoms with Gasteiger partial charge in [-0.15, -0.1) is 0 Å². The lowest BCUT2D eigenvalue weighted by Crippen LogP contribution is -2.33. The molecule has 0 atom stereocenters. The molecule has 26 heavy (non-hydrogen) atoms. The molecule has 0 spiro atoms. The molecular weight excluding hydrogens is 348 g/mol. The summed E-state index contributed by atoms with van der Waals surface area (Å²) >= 11 is 0. The zero-order valence-corrected chi connectivity index (χ0v) is 15.7. The number of hydrogen-bond acceptors (Lipinski definition) is 3. The number of anilines is 1. The molecule has 0 unspecified atom stereocenters. The maximum absolute atomic E-state index is 12.5. The van der Waals surface area contributed by atoms with Crippen molar-refractivity contribution in [2.24, 2.45) is 0 Å². The van der Waals surface area contributed by atoms with Crippen molar-refractivity contribution in [1.29, 1.82) is 0 Å². The third-order valence-corrected chi connectivity index (χ3v) is 6.12. The molecule has 138 valence electrons. The topological polar surface area (TPSA) is 75.3 Å². The summed E-state index contributed by atoms with van der Waals surface area (Å²) in [4.78, 5) is 12.4. The van der Waals surface area contributed by atoms with Crippen molar-refractivity contribution in [2.75, 3.05) is 11.9 Å². The number of aryl methyl sites for hydroxylation is 3. The van der Waals surface area contributed by atoms with Crippen molar-refractivity contribution in [3.05, 3.63) is 59.2 Å². The lowest BCUT2D eigenvalue weighted by atomic mass is 9.92. The number of carbonyl (C=O) groups excluding carboxylic acids is 1. The Bertz CT molecular complexity index is 907. The van der Waals surface area contributed by atoms with Crippen LogP contribution in [0.5, 0.6) is 0 Å². The normalized spacial score (nSPS) is 13.9. The Hall–Kier alpha value is -2.18. The highest BCUT2D eigenvalue weighted by atomic mass is 32.2. The second-order valence-electron chi connectivity index (χ2n) is 6.52. The van der Waals surface area contributed by atoms with Crippen LogP contribution in [-0.2, 0) is 34.1 Å². The highest BCUT2D eigenvalue weighted by molar-refractivity contribution is 7.89. The predicted octanol–water partition coefficient (Wildman–Crippen LogP) is 3.04. The van der Waals surface area contributed by atoms with Gasteiger partial charge in [-0.3, -0.25) is 4.79 Å². The van der Waals surface area contributed by atoms with E-state index >= 15 is 0 Å². The monoisotopic (exact) mass is 372 g/mol. The van der Waals surface area contributed by atoms with E-state index in [-0.39, 0.29) is 17.3 Å². The standard InChI is InChI=1S/C20H24N2O3S/c1-2-15-7-5-6-10-19(15)22-20(23)14-21-26(24,25)18-12-11-16-8-3-4-9-17(16)13-18/h5-7,10-13,21H,2-4,8-9,14H2,1H3,(H,22,23). The molecule has 2 aromatic carbocycles. The zero-order valence-electron chi connectivity index (χ0n) is 14.9. The average Bonchev–Trinajstić information content (AvgIpc) is 2.66. The number of carbonyl (C=O) groups is 1. The summed E-state index contributed by atoms with van der Waals surface area (Å²) in [6.07, 6.45) is 4.94. The molecule has 0 bridgehead atoms. The number of fused-ring (bicyclic) bond motifs is 1. The molecule has 3 rings (SSSR count). The van der Waals surface area contributed by atoms with E-state index in [0.717, 1.165) is 43.2 Å². The van der Waals surface area contributed by atoms with Crippen molar-refractivity contribution < 1.29 is 13.2 Å². The van der Waals surface area contributed by atoms with Crippen molar-refractivity contribution in [3.63, 3.8) is 0 Å². The second kappa shape index (κ2) is 8.01. The minimum Gasteiger partial charge on any atom is -0.325 e. The fourth-order valence-electron chi connectivity index (χ4n) is 3.27. The second-order valence-corrected chi connectivity index (χ2v) is 8.29. The van der Waals surface area contributed by atoms with E-state index in [1.165, 1.54) is 5.56 Å². The van der Waals surface area contributed by atoms with E-state index in [0.29, 0.717) is 5.69 Å². The maximum atomic E-state index is 12.5. The Balaban J connectivity index is 1.65. The smallest absolute Gasteiger partial charge is 0.241 e. The first-order valence-electron chi connectivity index (χ1n) is 8.99. The van der Waals surface area contributed by atoms with Crippen LogP contribution in [0.25, 0.3) is 0 Å². The van der Waals surface area contributed by atoms with Gasteiger partial charge in [0.2, 0.25) is 15.9 Å². The van der Waals surface area contributed by atoms with E-state index in [1.807, 2.05) is 37.3 Å². The number of rotatable bonds is 6.